The van der Waals surface area contributed by atoms with E-state index in [4.69, 9.17) is 4.74 Å². The van der Waals surface area contributed by atoms with Gasteiger partial charge in [-0.05, 0) is 47.0 Å². The van der Waals surface area contributed by atoms with Gasteiger partial charge in [-0.25, -0.2) is 23.1 Å². The van der Waals surface area contributed by atoms with Crippen molar-refractivity contribution in [2.75, 3.05) is 12.4 Å². The Hall–Kier alpha value is -5.25. The number of esters is 1. The first-order chi connectivity index (χ1) is 22.2. The molecule has 3 aromatic carbocycles. The number of benzene rings is 3. The minimum Gasteiger partial charge on any atom is -0.465 e. The number of aromatic nitrogens is 3. The van der Waals surface area contributed by atoms with Crippen LogP contribution >= 0.6 is 22.6 Å². The number of rotatable bonds is 10. The zero-order valence-electron chi connectivity index (χ0n) is 24.1. The summed E-state index contributed by atoms with van der Waals surface area (Å²) >= 11 is 2.18. The number of fused-ring (bicyclic) bond motifs is 1. The van der Waals surface area contributed by atoms with E-state index in [2.05, 4.69) is 48.6 Å². The summed E-state index contributed by atoms with van der Waals surface area (Å²) in [6.45, 7) is -0.102. The maximum absolute atomic E-state index is 13.7. The summed E-state index contributed by atoms with van der Waals surface area (Å²) in [7, 11) is 1.27. The lowest BCUT2D eigenvalue weighted by molar-refractivity contribution is 0.0600. The van der Waals surface area contributed by atoms with E-state index in [-0.39, 0.29) is 35.7 Å². The second kappa shape index (κ2) is 14.2. The molecule has 234 valence electrons. The van der Waals surface area contributed by atoms with Crippen LogP contribution < -0.4 is 16.0 Å². The number of carbonyl (C=O) groups is 4. The summed E-state index contributed by atoms with van der Waals surface area (Å²) in [6, 6.07) is 18.1. The number of ether oxygens (including phenoxy) is 1. The molecule has 0 fully saturated rings. The van der Waals surface area contributed by atoms with Gasteiger partial charge in [0.2, 0.25) is 0 Å². The summed E-state index contributed by atoms with van der Waals surface area (Å²) in [6.07, 6.45) is 1.25. The molecule has 0 atom stereocenters. The average molecular weight is 738 g/mol. The zero-order valence-corrected chi connectivity index (χ0v) is 26.3. The topological polar surface area (TPSA) is 144 Å². The fourth-order valence-corrected chi connectivity index (χ4v) is 5.09. The van der Waals surface area contributed by atoms with Crippen LogP contribution in [0.15, 0.2) is 79.0 Å². The molecule has 0 unspecified atom stereocenters. The number of para-hydroxylation sites is 1. The van der Waals surface area contributed by atoms with Gasteiger partial charge >= 0.3 is 5.97 Å². The van der Waals surface area contributed by atoms with Crippen molar-refractivity contribution in [1.82, 2.24) is 25.2 Å². The first-order valence-electron chi connectivity index (χ1n) is 13.7. The molecule has 46 heavy (non-hydrogen) atoms. The lowest BCUT2D eigenvalue weighted by Crippen LogP contribution is -2.28. The molecular formula is C32H25F2IN6O5. The second-order valence-electron chi connectivity index (χ2n) is 9.87. The van der Waals surface area contributed by atoms with E-state index in [1.165, 1.54) is 25.4 Å². The Kier molecular flexibility index (Phi) is 9.95. The predicted molar refractivity (Wildman–Crippen MR) is 172 cm³/mol. The summed E-state index contributed by atoms with van der Waals surface area (Å²) in [5.74, 6) is -4.52. The molecule has 0 radical (unpaired) electrons. The Morgan fingerprint density at radius 3 is 2.26 bits per heavy atom. The molecule has 0 aliphatic rings. The smallest absolute Gasteiger partial charge is 0.337 e. The fraction of sp³-hybridized carbons (Fsp3) is 0.125. The van der Waals surface area contributed by atoms with Crippen LogP contribution in [-0.2, 0) is 22.3 Å². The Morgan fingerprint density at radius 2 is 1.54 bits per heavy atom. The highest BCUT2D eigenvalue weighted by molar-refractivity contribution is 14.1. The van der Waals surface area contributed by atoms with E-state index in [1.54, 1.807) is 36.4 Å². The van der Waals surface area contributed by atoms with Crippen LogP contribution in [0.3, 0.4) is 0 Å². The van der Waals surface area contributed by atoms with Crippen molar-refractivity contribution in [3.63, 3.8) is 0 Å². The first kappa shape index (κ1) is 32.2. The highest BCUT2D eigenvalue weighted by Gasteiger charge is 2.23. The average Bonchev–Trinajstić information content (AvgIpc) is 3.51. The number of carbonyl (C=O) groups excluding carboxylic acids is 4. The lowest BCUT2D eigenvalue weighted by atomic mass is 10.1. The standard InChI is InChI=1S/C32H25F2IN6O5/c1-46-32(45)20-9-6-18(7-10-20)15-37-31(44)27-13-26(30(43)36-16-19-8-11-23(33)24(34)12-19)39-28-22(17-38-41(27)28)29(42)40-25-5-3-2-4-21(25)14-35/h2-13,17H,14-16H2,1H3,(H,36,43)(H,37,44)(H,40,42). The summed E-state index contributed by atoms with van der Waals surface area (Å²) in [4.78, 5) is 56.1. The predicted octanol–water partition coefficient (Wildman–Crippen LogP) is 4.84. The van der Waals surface area contributed by atoms with E-state index < -0.39 is 35.3 Å². The molecule has 14 heteroatoms. The molecule has 0 aliphatic carbocycles. The van der Waals surface area contributed by atoms with Gasteiger partial charge in [-0.1, -0.05) is 59.0 Å². The van der Waals surface area contributed by atoms with Crippen molar-refractivity contribution >= 4 is 57.6 Å². The maximum Gasteiger partial charge on any atom is 0.337 e. The van der Waals surface area contributed by atoms with E-state index in [0.29, 0.717) is 26.8 Å². The zero-order chi connectivity index (χ0) is 32.8. The Morgan fingerprint density at radius 1 is 0.848 bits per heavy atom. The fourth-order valence-electron chi connectivity index (χ4n) is 4.42. The number of nitrogens with zero attached hydrogens (tertiary/aromatic N) is 3. The third-order valence-electron chi connectivity index (χ3n) is 6.86. The number of hydrogen-bond acceptors (Lipinski definition) is 7. The highest BCUT2D eigenvalue weighted by Crippen LogP contribution is 2.21. The van der Waals surface area contributed by atoms with Crippen LogP contribution in [0.5, 0.6) is 0 Å². The SMILES string of the molecule is COC(=O)c1ccc(CNC(=O)c2cc(C(=O)NCc3ccc(F)c(F)c3)nc3c(C(=O)Nc4ccccc4CI)cnn23)cc1. The largest absolute Gasteiger partial charge is 0.465 e. The van der Waals surface area contributed by atoms with Crippen LogP contribution in [-0.4, -0.2) is 45.4 Å². The molecule has 3 amide bonds. The van der Waals surface area contributed by atoms with E-state index in [9.17, 15) is 28.0 Å². The van der Waals surface area contributed by atoms with Gasteiger partial charge in [0.25, 0.3) is 17.7 Å². The van der Waals surface area contributed by atoms with Gasteiger partial charge < -0.3 is 20.7 Å². The van der Waals surface area contributed by atoms with Gasteiger partial charge in [0.05, 0.1) is 18.9 Å². The van der Waals surface area contributed by atoms with E-state index in [1.807, 2.05) is 12.1 Å². The molecule has 0 aliphatic heterocycles. The van der Waals surface area contributed by atoms with Gasteiger partial charge in [0, 0.05) is 29.3 Å². The Labute approximate surface area is 274 Å². The van der Waals surface area contributed by atoms with Crippen molar-refractivity contribution < 1.29 is 32.7 Å². The number of amides is 3. The van der Waals surface area contributed by atoms with Gasteiger partial charge in [-0.2, -0.15) is 5.10 Å². The summed E-state index contributed by atoms with van der Waals surface area (Å²) in [5.41, 5.74) is 2.41. The molecule has 0 saturated heterocycles. The number of anilines is 1. The van der Waals surface area contributed by atoms with Gasteiger partial charge in [0.1, 0.15) is 17.0 Å². The van der Waals surface area contributed by atoms with Crippen LogP contribution in [0.25, 0.3) is 5.65 Å². The van der Waals surface area contributed by atoms with E-state index in [0.717, 1.165) is 22.2 Å². The number of halogens is 3. The number of nitrogens with one attached hydrogen (secondary N) is 3. The van der Waals surface area contributed by atoms with Crippen molar-refractivity contribution in [3.05, 3.63) is 130 Å². The number of hydrogen-bond donors (Lipinski definition) is 3. The van der Waals surface area contributed by atoms with Crippen LogP contribution in [0.1, 0.15) is 58.4 Å². The molecule has 5 rings (SSSR count). The highest BCUT2D eigenvalue weighted by atomic mass is 127. The van der Waals surface area contributed by atoms with Crippen molar-refractivity contribution in [2.45, 2.75) is 17.5 Å². The van der Waals surface area contributed by atoms with Crippen LogP contribution in [0, 0.1) is 11.6 Å². The third kappa shape index (κ3) is 7.17. The van der Waals surface area contributed by atoms with Gasteiger partial charge in [-0.15, -0.1) is 0 Å². The van der Waals surface area contributed by atoms with Crippen molar-refractivity contribution in [3.8, 4) is 0 Å². The quantitative estimate of drug-likeness (QED) is 0.106. The molecule has 0 spiro atoms. The molecule has 5 aromatic rings. The minimum absolute atomic E-state index is 0.00552. The summed E-state index contributed by atoms with van der Waals surface area (Å²) in [5, 5.41) is 12.4. The Balaban J connectivity index is 1.45. The molecule has 11 nitrogen and oxygen atoms in total. The molecular weight excluding hydrogens is 713 g/mol. The molecule has 0 bridgehead atoms. The minimum atomic E-state index is -1.07. The van der Waals surface area contributed by atoms with Gasteiger partial charge in [-0.3, -0.25) is 14.4 Å². The van der Waals surface area contributed by atoms with Crippen LogP contribution in [0.2, 0.25) is 0 Å². The molecule has 3 N–H and O–H groups in total. The lowest BCUT2D eigenvalue weighted by Gasteiger charge is -2.11. The normalized spacial score (nSPS) is 10.8. The first-order valence-corrected chi connectivity index (χ1v) is 15.2. The molecule has 2 aromatic heterocycles. The number of alkyl halides is 1. The van der Waals surface area contributed by atoms with E-state index >= 15 is 0 Å². The molecule has 0 saturated carbocycles. The Bertz CT molecular complexity index is 1970. The molecule has 2 heterocycles. The van der Waals surface area contributed by atoms with Gasteiger partial charge in [0.15, 0.2) is 17.3 Å². The monoisotopic (exact) mass is 738 g/mol. The maximum atomic E-state index is 13.7. The van der Waals surface area contributed by atoms with Crippen molar-refractivity contribution in [2.24, 2.45) is 0 Å². The second-order valence-corrected chi connectivity index (χ2v) is 10.6. The van der Waals surface area contributed by atoms with Crippen LogP contribution in [0.4, 0.5) is 14.5 Å². The number of methoxy groups -OCH3 is 1. The van der Waals surface area contributed by atoms with Crippen molar-refractivity contribution in [1.29, 1.82) is 0 Å². The third-order valence-corrected chi connectivity index (χ3v) is 7.68. The summed E-state index contributed by atoms with van der Waals surface area (Å²) < 4.78 is 33.5.